The predicted octanol–water partition coefficient (Wildman–Crippen LogP) is 3.54. The van der Waals surface area contributed by atoms with Gasteiger partial charge in [0, 0.05) is 25.0 Å². The summed E-state index contributed by atoms with van der Waals surface area (Å²) in [5.41, 5.74) is 1.08. The normalized spacial score (nSPS) is 11.1. The molecule has 1 aromatic carbocycles. The summed E-state index contributed by atoms with van der Waals surface area (Å²) in [4.78, 5) is 15.7. The van der Waals surface area contributed by atoms with E-state index in [1.165, 1.54) is 18.5 Å². The summed E-state index contributed by atoms with van der Waals surface area (Å²) in [6, 6.07) is 8.39. The number of carbonyl (C=O) groups excluding carboxylic acids is 1. The van der Waals surface area contributed by atoms with E-state index in [4.69, 9.17) is 4.42 Å². The third-order valence-electron chi connectivity index (χ3n) is 3.25. The third kappa shape index (κ3) is 4.10. The standard InChI is InChI=1S/C17H13FIN3O2/c18-14-9-12(1-4-15(14)22-8-7-20-11-22)10-21-17(23)6-3-13-2-5-16(19)24-13/h1-9,11H,10H2,(H,21,23)/b6-3+. The zero-order chi connectivity index (χ0) is 16.9. The topological polar surface area (TPSA) is 60.1 Å². The van der Waals surface area contributed by atoms with Gasteiger partial charge in [-0.25, -0.2) is 9.37 Å². The van der Waals surface area contributed by atoms with Gasteiger partial charge in [0.25, 0.3) is 0 Å². The average Bonchev–Trinajstić information content (AvgIpc) is 3.23. The molecule has 24 heavy (non-hydrogen) atoms. The fraction of sp³-hybridized carbons (Fsp3) is 0.0588. The molecule has 3 rings (SSSR count). The van der Waals surface area contributed by atoms with Crippen LogP contribution in [0.1, 0.15) is 11.3 Å². The van der Waals surface area contributed by atoms with Crippen molar-refractivity contribution in [2.24, 2.45) is 0 Å². The third-order valence-corrected chi connectivity index (χ3v) is 3.83. The van der Waals surface area contributed by atoms with E-state index in [2.05, 4.69) is 10.3 Å². The molecule has 0 aliphatic rings. The van der Waals surface area contributed by atoms with Crippen molar-refractivity contribution in [3.05, 3.63) is 76.0 Å². The van der Waals surface area contributed by atoms with Crippen LogP contribution in [-0.4, -0.2) is 15.5 Å². The first-order chi connectivity index (χ1) is 11.6. The fourth-order valence-electron chi connectivity index (χ4n) is 2.10. The second-order valence-electron chi connectivity index (χ2n) is 4.95. The Kier molecular flexibility index (Phi) is 5.09. The molecule has 0 radical (unpaired) electrons. The van der Waals surface area contributed by atoms with Crippen molar-refractivity contribution in [2.75, 3.05) is 0 Å². The van der Waals surface area contributed by atoms with E-state index in [0.717, 1.165) is 3.77 Å². The van der Waals surface area contributed by atoms with Crippen molar-refractivity contribution >= 4 is 34.6 Å². The lowest BCUT2D eigenvalue weighted by Gasteiger charge is -2.07. The lowest BCUT2D eigenvalue weighted by Crippen LogP contribution is -2.20. The molecule has 0 aliphatic carbocycles. The van der Waals surface area contributed by atoms with Crippen molar-refractivity contribution in [1.82, 2.24) is 14.9 Å². The maximum atomic E-state index is 14.1. The second-order valence-corrected chi connectivity index (χ2v) is 6.01. The zero-order valence-electron chi connectivity index (χ0n) is 12.4. The highest BCUT2D eigenvalue weighted by Crippen LogP contribution is 2.15. The minimum absolute atomic E-state index is 0.236. The molecule has 7 heteroatoms. The number of aromatic nitrogens is 2. The van der Waals surface area contributed by atoms with Crippen molar-refractivity contribution in [1.29, 1.82) is 0 Å². The Morgan fingerprint density at radius 2 is 2.25 bits per heavy atom. The Bertz CT molecular complexity index is 872. The van der Waals surface area contributed by atoms with Crippen molar-refractivity contribution in [3.8, 4) is 5.69 Å². The molecule has 1 amide bonds. The van der Waals surface area contributed by atoms with Crippen molar-refractivity contribution in [2.45, 2.75) is 6.54 Å². The Hall–Kier alpha value is -2.42. The lowest BCUT2D eigenvalue weighted by molar-refractivity contribution is -0.116. The summed E-state index contributed by atoms with van der Waals surface area (Å²) in [7, 11) is 0. The molecule has 5 nitrogen and oxygen atoms in total. The number of hydrogen-bond donors (Lipinski definition) is 1. The van der Waals surface area contributed by atoms with Crippen molar-refractivity contribution in [3.63, 3.8) is 0 Å². The molecule has 1 N–H and O–H groups in total. The van der Waals surface area contributed by atoms with Gasteiger partial charge in [0.2, 0.25) is 5.91 Å². The van der Waals surface area contributed by atoms with E-state index < -0.39 is 0 Å². The van der Waals surface area contributed by atoms with E-state index in [9.17, 15) is 9.18 Å². The molecule has 0 unspecified atom stereocenters. The smallest absolute Gasteiger partial charge is 0.244 e. The molecular formula is C17H13FIN3O2. The molecule has 0 fully saturated rings. The van der Waals surface area contributed by atoms with Crippen molar-refractivity contribution < 1.29 is 13.6 Å². The Morgan fingerprint density at radius 3 is 2.92 bits per heavy atom. The van der Waals surface area contributed by atoms with Gasteiger partial charge in [0.1, 0.15) is 11.6 Å². The van der Waals surface area contributed by atoms with Crippen LogP contribution in [0.3, 0.4) is 0 Å². The zero-order valence-corrected chi connectivity index (χ0v) is 14.6. The first kappa shape index (κ1) is 16.4. The number of amides is 1. The van der Waals surface area contributed by atoms with E-state index in [-0.39, 0.29) is 18.3 Å². The summed E-state index contributed by atoms with van der Waals surface area (Å²) in [5, 5.41) is 2.70. The maximum Gasteiger partial charge on any atom is 0.244 e. The molecule has 0 atom stereocenters. The summed E-state index contributed by atoms with van der Waals surface area (Å²) in [6.45, 7) is 0.236. The van der Waals surface area contributed by atoms with Crippen LogP contribution in [0, 0.1) is 9.58 Å². The average molecular weight is 437 g/mol. The summed E-state index contributed by atoms with van der Waals surface area (Å²) >= 11 is 2.05. The molecule has 0 aliphatic heterocycles. The van der Waals surface area contributed by atoms with Crippen LogP contribution < -0.4 is 5.32 Å². The molecule has 0 saturated carbocycles. The number of carbonyl (C=O) groups is 1. The number of hydrogen-bond acceptors (Lipinski definition) is 3. The van der Waals surface area contributed by atoms with Gasteiger partial charge in [-0.15, -0.1) is 0 Å². The van der Waals surface area contributed by atoms with Crippen LogP contribution in [0.2, 0.25) is 0 Å². The molecule has 3 aromatic rings. The van der Waals surface area contributed by atoms with E-state index in [1.807, 2.05) is 28.7 Å². The number of nitrogens with one attached hydrogen (secondary N) is 1. The van der Waals surface area contributed by atoms with Gasteiger partial charge in [0.15, 0.2) is 3.77 Å². The van der Waals surface area contributed by atoms with Gasteiger partial charge in [-0.05, 0) is 58.5 Å². The van der Waals surface area contributed by atoms with Gasteiger partial charge in [-0.2, -0.15) is 0 Å². The minimum atomic E-state index is -0.375. The van der Waals surface area contributed by atoms with Crippen LogP contribution >= 0.6 is 22.6 Å². The van der Waals surface area contributed by atoms with Crippen LogP contribution in [0.5, 0.6) is 0 Å². The summed E-state index contributed by atoms with van der Waals surface area (Å²) < 4.78 is 21.8. The SMILES string of the molecule is O=C(/C=C/c1ccc(I)o1)NCc1ccc(-n2ccnc2)c(F)c1. The Labute approximate surface area is 151 Å². The fourth-order valence-corrected chi connectivity index (χ4v) is 2.53. The molecular weight excluding hydrogens is 424 g/mol. The molecule has 0 bridgehead atoms. The quantitative estimate of drug-likeness (QED) is 0.491. The Morgan fingerprint density at radius 1 is 1.38 bits per heavy atom. The van der Waals surface area contributed by atoms with E-state index in [1.54, 1.807) is 41.2 Å². The molecule has 122 valence electrons. The maximum absolute atomic E-state index is 14.1. The molecule has 2 heterocycles. The van der Waals surface area contributed by atoms with Gasteiger partial charge in [-0.3, -0.25) is 4.79 Å². The highest BCUT2D eigenvalue weighted by molar-refractivity contribution is 14.1. The summed E-state index contributed by atoms with van der Waals surface area (Å²) in [5.74, 6) is -0.0498. The first-order valence-corrected chi connectivity index (χ1v) is 8.18. The number of benzene rings is 1. The number of furan rings is 1. The second kappa shape index (κ2) is 7.43. The van der Waals surface area contributed by atoms with Gasteiger partial charge < -0.3 is 14.3 Å². The summed E-state index contributed by atoms with van der Waals surface area (Å²) in [6.07, 6.45) is 7.74. The van der Waals surface area contributed by atoms with Crippen LogP contribution in [0.15, 0.2) is 59.5 Å². The molecule has 2 aromatic heterocycles. The van der Waals surface area contributed by atoms with Crippen LogP contribution in [-0.2, 0) is 11.3 Å². The van der Waals surface area contributed by atoms with Gasteiger partial charge in [0.05, 0.1) is 12.0 Å². The van der Waals surface area contributed by atoms with Gasteiger partial charge in [-0.1, -0.05) is 6.07 Å². The molecule has 0 saturated heterocycles. The van der Waals surface area contributed by atoms with Crippen LogP contribution in [0.25, 0.3) is 11.8 Å². The predicted molar refractivity (Wildman–Crippen MR) is 95.8 cm³/mol. The van der Waals surface area contributed by atoms with E-state index in [0.29, 0.717) is 17.0 Å². The van der Waals surface area contributed by atoms with Gasteiger partial charge >= 0.3 is 0 Å². The molecule has 0 spiro atoms. The number of halogens is 2. The Balaban J connectivity index is 1.59. The monoisotopic (exact) mass is 437 g/mol. The number of imidazole rings is 1. The van der Waals surface area contributed by atoms with E-state index >= 15 is 0 Å². The highest BCUT2D eigenvalue weighted by Gasteiger charge is 2.06. The largest absolute Gasteiger partial charge is 0.451 e. The first-order valence-electron chi connectivity index (χ1n) is 7.10. The minimum Gasteiger partial charge on any atom is -0.451 e. The lowest BCUT2D eigenvalue weighted by atomic mass is 10.2. The number of nitrogens with zero attached hydrogens (tertiary/aromatic N) is 2. The van der Waals surface area contributed by atoms with Crippen LogP contribution in [0.4, 0.5) is 4.39 Å². The highest BCUT2D eigenvalue weighted by atomic mass is 127. The number of rotatable bonds is 5.